The van der Waals surface area contributed by atoms with Crippen molar-refractivity contribution in [3.05, 3.63) is 76.9 Å². The van der Waals surface area contributed by atoms with Gasteiger partial charge in [0.05, 0.1) is 12.8 Å². The van der Waals surface area contributed by atoms with Crippen molar-refractivity contribution in [1.29, 1.82) is 0 Å². The summed E-state index contributed by atoms with van der Waals surface area (Å²) < 4.78 is 5.51. The minimum atomic E-state index is -0.526. The van der Waals surface area contributed by atoms with Gasteiger partial charge in [-0.2, -0.15) is 0 Å². The number of carbonyl (C=O) groups excluding carboxylic acids is 2. The molecule has 1 aliphatic rings. The summed E-state index contributed by atoms with van der Waals surface area (Å²) in [5.74, 6) is -0.415. The number of rotatable bonds is 3. The monoisotopic (exact) mass is 416 g/mol. The lowest BCUT2D eigenvalue weighted by molar-refractivity contribution is -0.122. The molecule has 0 aromatic heterocycles. The smallest absolute Gasteiger partial charge is 0.270 e. The normalized spacial score (nSPS) is 15.6. The number of anilines is 1. The van der Waals surface area contributed by atoms with E-state index in [1.807, 2.05) is 68.4 Å². The van der Waals surface area contributed by atoms with Gasteiger partial charge in [0.2, 0.25) is 0 Å². The number of nitrogens with zero attached hydrogens (tertiary/aromatic N) is 1. The molecule has 0 radical (unpaired) electrons. The third-order valence-electron chi connectivity index (χ3n) is 5.36. The average Bonchev–Trinajstić information content (AvgIpc) is 2.73. The molecule has 1 N–H and O–H groups in total. The van der Waals surface area contributed by atoms with Crippen LogP contribution in [0.3, 0.4) is 0 Å². The molecular formula is C24H20N2O3S. The number of methoxy groups -OCH3 is 1. The predicted molar refractivity (Wildman–Crippen MR) is 123 cm³/mol. The molecule has 2 amide bonds. The van der Waals surface area contributed by atoms with Gasteiger partial charge in [-0.3, -0.25) is 19.8 Å². The molecule has 0 unspecified atom stereocenters. The van der Waals surface area contributed by atoms with E-state index in [9.17, 15) is 9.59 Å². The van der Waals surface area contributed by atoms with Crippen molar-refractivity contribution in [2.45, 2.75) is 13.8 Å². The van der Waals surface area contributed by atoms with Gasteiger partial charge in [-0.25, -0.2) is 0 Å². The highest BCUT2D eigenvalue weighted by atomic mass is 32.1. The fourth-order valence-electron chi connectivity index (χ4n) is 3.60. The summed E-state index contributed by atoms with van der Waals surface area (Å²) >= 11 is 5.33. The summed E-state index contributed by atoms with van der Waals surface area (Å²) in [4.78, 5) is 27.5. The molecule has 1 fully saturated rings. The van der Waals surface area contributed by atoms with Crippen LogP contribution in [0.5, 0.6) is 5.75 Å². The van der Waals surface area contributed by atoms with Gasteiger partial charge in [0, 0.05) is 5.56 Å². The Labute approximate surface area is 179 Å². The predicted octanol–water partition coefficient (Wildman–Crippen LogP) is 4.30. The molecule has 150 valence electrons. The topological polar surface area (TPSA) is 58.6 Å². The van der Waals surface area contributed by atoms with Crippen molar-refractivity contribution >= 4 is 51.7 Å². The summed E-state index contributed by atoms with van der Waals surface area (Å²) in [6.07, 6.45) is 1.58. The molecule has 0 bridgehead atoms. The summed E-state index contributed by atoms with van der Waals surface area (Å²) in [6, 6.07) is 17.2. The van der Waals surface area contributed by atoms with Gasteiger partial charge >= 0.3 is 0 Å². The van der Waals surface area contributed by atoms with E-state index in [2.05, 4.69) is 5.32 Å². The van der Waals surface area contributed by atoms with Gasteiger partial charge in [0.25, 0.3) is 11.8 Å². The Morgan fingerprint density at radius 2 is 1.77 bits per heavy atom. The molecule has 4 rings (SSSR count). The fraction of sp³-hybridized carbons (Fsp3) is 0.125. The van der Waals surface area contributed by atoms with Crippen LogP contribution in [0.15, 0.2) is 60.2 Å². The molecule has 0 spiro atoms. The number of ether oxygens (including phenoxy) is 1. The average molecular weight is 417 g/mol. The van der Waals surface area contributed by atoms with Crippen molar-refractivity contribution in [2.24, 2.45) is 0 Å². The van der Waals surface area contributed by atoms with Crippen LogP contribution in [-0.4, -0.2) is 24.0 Å². The van der Waals surface area contributed by atoms with Crippen LogP contribution >= 0.6 is 12.2 Å². The van der Waals surface area contributed by atoms with Gasteiger partial charge in [-0.1, -0.05) is 42.5 Å². The van der Waals surface area contributed by atoms with E-state index >= 15 is 0 Å². The van der Waals surface area contributed by atoms with Gasteiger partial charge < -0.3 is 4.74 Å². The van der Waals surface area contributed by atoms with Crippen molar-refractivity contribution in [3.63, 3.8) is 0 Å². The Morgan fingerprint density at radius 1 is 1.00 bits per heavy atom. The quantitative estimate of drug-likeness (QED) is 0.393. The van der Waals surface area contributed by atoms with Crippen molar-refractivity contribution in [2.75, 3.05) is 12.0 Å². The molecule has 3 aromatic carbocycles. The number of nitrogens with one attached hydrogen (secondary N) is 1. The third-order valence-corrected chi connectivity index (χ3v) is 5.64. The number of benzene rings is 3. The second-order valence-electron chi connectivity index (χ2n) is 7.08. The molecular weight excluding hydrogens is 396 g/mol. The molecule has 0 atom stereocenters. The zero-order chi connectivity index (χ0) is 21.4. The third kappa shape index (κ3) is 3.25. The van der Waals surface area contributed by atoms with Gasteiger partial charge in [0.15, 0.2) is 5.11 Å². The highest BCUT2D eigenvalue weighted by Crippen LogP contribution is 2.32. The minimum absolute atomic E-state index is 0.000779. The minimum Gasteiger partial charge on any atom is -0.496 e. The highest BCUT2D eigenvalue weighted by molar-refractivity contribution is 7.80. The first-order chi connectivity index (χ1) is 14.4. The van der Waals surface area contributed by atoms with Crippen molar-refractivity contribution < 1.29 is 14.3 Å². The van der Waals surface area contributed by atoms with Crippen LogP contribution < -0.4 is 15.0 Å². The lowest BCUT2D eigenvalue weighted by atomic mass is 9.99. The number of carbonyl (C=O) groups is 2. The lowest BCUT2D eigenvalue weighted by Gasteiger charge is -2.30. The molecule has 30 heavy (non-hydrogen) atoms. The second kappa shape index (κ2) is 7.72. The molecule has 5 nitrogen and oxygen atoms in total. The number of amides is 2. The van der Waals surface area contributed by atoms with E-state index in [0.717, 1.165) is 21.9 Å². The summed E-state index contributed by atoms with van der Waals surface area (Å²) in [7, 11) is 1.56. The van der Waals surface area contributed by atoms with Crippen molar-refractivity contribution in [3.8, 4) is 5.75 Å². The zero-order valence-corrected chi connectivity index (χ0v) is 17.7. The first-order valence-corrected chi connectivity index (χ1v) is 9.86. The summed E-state index contributed by atoms with van der Waals surface area (Å²) in [5, 5.41) is 4.59. The largest absolute Gasteiger partial charge is 0.496 e. The number of hydrogen-bond donors (Lipinski definition) is 1. The molecule has 0 aliphatic carbocycles. The Kier molecular flexibility index (Phi) is 5.10. The van der Waals surface area contributed by atoms with E-state index in [0.29, 0.717) is 17.0 Å². The van der Waals surface area contributed by atoms with Crippen LogP contribution in [-0.2, 0) is 9.59 Å². The maximum atomic E-state index is 13.4. The molecule has 0 saturated carbocycles. The Bertz CT molecular complexity index is 1250. The Hall–Kier alpha value is -3.51. The van der Waals surface area contributed by atoms with E-state index < -0.39 is 11.8 Å². The standard InChI is InChI=1S/C24H20N2O3S/c1-14-7-6-10-20(15(14)2)26-23(28)19(22(27)25-24(26)30)13-18-17-9-5-4-8-16(17)11-12-21(18)29-3/h4-13H,1-3H3,(H,25,27,30)/b19-13-. The molecule has 1 aliphatic heterocycles. The number of hydrogen-bond acceptors (Lipinski definition) is 4. The van der Waals surface area contributed by atoms with Crippen LogP contribution in [0.2, 0.25) is 0 Å². The van der Waals surface area contributed by atoms with E-state index in [-0.39, 0.29) is 10.7 Å². The molecule has 6 heteroatoms. The molecule has 1 heterocycles. The van der Waals surface area contributed by atoms with E-state index in [1.54, 1.807) is 13.2 Å². The van der Waals surface area contributed by atoms with Crippen LogP contribution in [0, 0.1) is 13.8 Å². The van der Waals surface area contributed by atoms with Crippen LogP contribution in [0.1, 0.15) is 16.7 Å². The highest BCUT2D eigenvalue weighted by Gasteiger charge is 2.35. The van der Waals surface area contributed by atoms with Gasteiger partial charge in [-0.05, 0) is 66.2 Å². The van der Waals surface area contributed by atoms with Crippen LogP contribution in [0.4, 0.5) is 5.69 Å². The summed E-state index contributed by atoms with van der Waals surface area (Å²) in [6.45, 7) is 3.89. The van der Waals surface area contributed by atoms with E-state index in [4.69, 9.17) is 17.0 Å². The SMILES string of the molecule is COc1ccc2ccccc2c1/C=C1/C(=O)NC(=S)N(c2cccc(C)c2C)C1=O. The number of thiocarbonyl (C=S) groups is 1. The number of aryl methyl sites for hydroxylation is 1. The Balaban J connectivity index is 1.89. The van der Waals surface area contributed by atoms with Gasteiger partial charge in [0.1, 0.15) is 11.3 Å². The van der Waals surface area contributed by atoms with Crippen LogP contribution in [0.25, 0.3) is 16.8 Å². The Morgan fingerprint density at radius 3 is 2.53 bits per heavy atom. The molecule has 1 saturated heterocycles. The second-order valence-corrected chi connectivity index (χ2v) is 7.47. The number of fused-ring (bicyclic) bond motifs is 1. The zero-order valence-electron chi connectivity index (χ0n) is 16.9. The first-order valence-electron chi connectivity index (χ1n) is 9.45. The van der Waals surface area contributed by atoms with Gasteiger partial charge in [-0.15, -0.1) is 0 Å². The summed E-state index contributed by atoms with van der Waals surface area (Å²) in [5.41, 5.74) is 3.27. The van der Waals surface area contributed by atoms with Crippen molar-refractivity contribution in [1.82, 2.24) is 5.32 Å². The first kappa shape index (κ1) is 19.8. The van der Waals surface area contributed by atoms with E-state index in [1.165, 1.54) is 4.90 Å². The lowest BCUT2D eigenvalue weighted by Crippen LogP contribution is -2.54. The maximum Gasteiger partial charge on any atom is 0.270 e. The molecule has 3 aromatic rings. The fourth-order valence-corrected chi connectivity index (χ4v) is 3.87. The maximum absolute atomic E-state index is 13.4.